The summed E-state index contributed by atoms with van der Waals surface area (Å²) in [6.45, 7) is 8.32. The summed E-state index contributed by atoms with van der Waals surface area (Å²) in [5.41, 5.74) is 2.03. The number of nitrogens with zero attached hydrogens (tertiary/aromatic N) is 2. The second-order valence-electron chi connectivity index (χ2n) is 7.46. The molecule has 142 valence electrons. The predicted molar refractivity (Wildman–Crippen MR) is 107 cm³/mol. The van der Waals surface area contributed by atoms with Gasteiger partial charge in [-0.2, -0.15) is 5.26 Å². The number of aromatic nitrogens is 1. The molecule has 2 aromatic rings. The van der Waals surface area contributed by atoms with E-state index >= 15 is 0 Å². The molecule has 0 saturated carbocycles. The number of benzene rings is 1. The fourth-order valence-electron chi connectivity index (χ4n) is 3.73. The van der Waals surface area contributed by atoms with Crippen molar-refractivity contribution in [3.8, 4) is 22.9 Å². The van der Waals surface area contributed by atoms with Crippen molar-refractivity contribution in [1.82, 2.24) is 9.88 Å². The highest BCUT2D eigenvalue weighted by atomic mass is 16.5. The smallest absolute Gasteiger partial charge is 0.266 e. The van der Waals surface area contributed by atoms with Crippen LogP contribution in [-0.2, 0) is 0 Å². The summed E-state index contributed by atoms with van der Waals surface area (Å²) in [7, 11) is 0. The van der Waals surface area contributed by atoms with Gasteiger partial charge >= 0.3 is 0 Å². The first-order valence-corrected chi connectivity index (χ1v) is 9.66. The van der Waals surface area contributed by atoms with Crippen molar-refractivity contribution in [3.05, 3.63) is 51.9 Å². The Kier molecular flexibility index (Phi) is 6.31. The minimum absolute atomic E-state index is 0.144. The molecule has 1 fully saturated rings. The van der Waals surface area contributed by atoms with E-state index in [4.69, 9.17) is 4.74 Å². The van der Waals surface area contributed by atoms with E-state index in [1.54, 1.807) is 0 Å². The van der Waals surface area contributed by atoms with Crippen LogP contribution in [0.1, 0.15) is 37.4 Å². The highest BCUT2D eigenvalue weighted by Gasteiger charge is 2.15. The Morgan fingerprint density at radius 1 is 1.33 bits per heavy atom. The maximum Gasteiger partial charge on any atom is 0.266 e. The molecule has 1 saturated heterocycles. The third kappa shape index (κ3) is 4.99. The topological polar surface area (TPSA) is 69.1 Å². The standard InChI is InChI=1S/C22H27N3O2/c1-16-5-3-10-25(15-16)11-4-12-27-19-8-6-18(7-9-19)20-13-17(2)24-22(26)21(20)14-23/h6-9,13,16H,3-5,10-12,15H2,1-2H3,(H,24,26). The number of piperidine rings is 1. The van der Waals surface area contributed by atoms with Gasteiger partial charge in [-0.25, -0.2) is 0 Å². The predicted octanol–water partition coefficient (Wildman–Crippen LogP) is 3.72. The molecule has 5 nitrogen and oxygen atoms in total. The molecule has 0 amide bonds. The van der Waals surface area contributed by atoms with E-state index in [-0.39, 0.29) is 11.1 Å². The van der Waals surface area contributed by atoms with Crippen molar-refractivity contribution in [2.24, 2.45) is 5.92 Å². The van der Waals surface area contributed by atoms with Crippen LogP contribution in [0.15, 0.2) is 35.1 Å². The molecular weight excluding hydrogens is 338 g/mol. The molecule has 1 aliphatic heterocycles. The van der Waals surface area contributed by atoms with Gasteiger partial charge in [0.2, 0.25) is 0 Å². The van der Waals surface area contributed by atoms with E-state index in [1.165, 1.54) is 25.9 Å². The van der Waals surface area contributed by atoms with Gasteiger partial charge in [-0.05, 0) is 62.4 Å². The summed E-state index contributed by atoms with van der Waals surface area (Å²) in [5, 5.41) is 9.27. The lowest BCUT2D eigenvalue weighted by molar-refractivity contribution is 0.170. The molecule has 0 bridgehead atoms. The van der Waals surface area contributed by atoms with Crippen LogP contribution in [-0.4, -0.2) is 36.1 Å². The van der Waals surface area contributed by atoms with Crippen LogP contribution in [0.25, 0.3) is 11.1 Å². The molecule has 1 aliphatic rings. The average Bonchev–Trinajstić information content (AvgIpc) is 2.65. The second kappa shape index (κ2) is 8.88. The molecule has 2 heterocycles. The number of aryl methyl sites for hydroxylation is 1. The first kappa shape index (κ1) is 19.2. The van der Waals surface area contributed by atoms with E-state index in [0.29, 0.717) is 12.2 Å². The highest BCUT2D eigenvalue weighted by Crippen LogP contribution is 2.24. The summed E-state index contributed by atoms with van der Waals surface area (Å²) in [6, 6.07) is 11.4. The second-order valence-corrected chi connectivity index (χ2v) is 7.46. The summed E-state index contributed by atoms with van der Waals surface area (Å²) in [5.74, 6) is 1.62. The van der Waals surface area contributed by atoms with Crippen molar-refractivity contribution in [2.45, 2.75) is 33.1 Å². The SMILES string of the molecule is Cc1cc(-c2ccc(OCCCN3CCCC(C)C3)cc2)c(C#N)c(=O)[nH]1. The first-order chi connectivity index (χ1) is 13.1. The van der Waals surface area contributed by atoms with Gasteiger partial charge in [-0.3, -0.25) is 4.79 Å². The molecule has 0 radical (unpaired) electrons. The van der Waals surface area contributed by atoms with Crippen LogP contribution < -0.4 is 10.3 Å². The number of pyridine rings is 1. The van der Waals surface area contributed by atoms with Gasteiger partial charge in [0.25, 0.3) is 5.56 Å². The van der Waals surface area contributed by atoms with E-state index in [9.17, 15) is 10.1 Å². The van der Waals surface area contributed by atoms with Gasteiger partial charge in [0.15, 0.2) is 0 Å². The summed E-state index contributed by atoms with van der Waals surface area (Å²) >= 11 is 0. The Morgan fingerprint density at radius 2 is 2.11 bits per heavy atom. The zero-order valence-electron chi connectivity index (χ0n) is 16.1. The molecular formula is C22H27N3O2. The molecule has 5 heteroatoms. The molecule has 1 aromatic carbocycles. The summed E-state index contributed by atoms with van der Waals surface area (Å²) in [6.07, 6.45) is 3.66. The monoisotopic (exact) mass is 365 g/mol. The molecule has 0 spiro atoms. The number of ether oxygens (including phenoxy) is 1. The van der Waals surface area contributed by atoms with Crippen molar-refractivity contribution in [3.63, 3.8) is 0 Å². The zero-order chi connectivity index (χ0) is 19.2. The van der Waals surface area contributed by atoms with Gasteiger partial charge in [-0.1, -0.05) is 19.1 Å². The maximum absolute atomic E-state index is 12.0. The van der Waals surface area contributed by atoms with Crippen molar-refractivity contribution in [1.29, 1.82) is 5.26 Å². The van der Waals surface area contributed by atoms with Crippen LogP contribution in [0.2, 0.25) is 0 Å². The van der Waals surface area contributed by atoms with Crippen LogP contribution in [0.4, 0.5) is 0 Å². The molecule has 1 unspecified atom stereocenters. The van der Waals surface area contributed by atoms with Gasteiger partial charge in [0.05, 0.1) is 6.61 Å². The maximum atomic E-state index is 12.0. The number of hydrogen-bond acceptors (Lipinski definition) is 4. The lowest BCUT2D eigenvalue weighted by Crippen LogP contribution is -2.35. The van der Waals surface area contributed by atoms with E-state index in [2.05, 4.69) is 16.8 Å². The number of likely N-dealkylation sites (tertiary alicyclic amines) is 1. The quantitative estimate of drug-likeness (QED) is 0.792. The number of hydrogen-bond donors (Lipinski definition) is 1. The fourth-order valence-corrected chi connectivity index (χ4v) is 3.73. The Labute approximate surface area is 160 Å². The number of nitriles is 1. The zero-order valence-corrected chi connectivity index (χ0v) is 16.1. The molecule has 0 aliphatic carbocycles. The minimum atomic E-state index is -0.347. The Bertz CT molecular complexity index is 865. The summed E-state index contributed by atoms with van der Waals surface area (Å²) in [4.78, 5) is 17.1. The van der Waals surface area contributed by atoms with Crippen molar-refractivity contribution >= 4 is 0 Å². The largest absolute Gasteiger partial charge is 0.494 e. The van der Waals surface area contributed by atoms with Gasteiger partial charge in [0, 0.05) is 24.3 Å². The Hall–Kier alpha value is -2.58. The molecule has 3 rings (SSSR count). The molecule has 1 atom stereocenters. The fraction of sp³-hybridized carbons (Fsp3) is 0.455. The third-order valence-corrected chi connectivity index (χ3v) is 5.07. The lowest BCUT2D eigenvalue weighted by Gasteiger charge is -2.30. The van der Waals surface area contributed by atoms with Crippen LogP contribution in [0, 0.1) is 24.2 Å². The average molecular weight is 365 g/mol. The number of nitrogens with one attached hydrogen (secondary N) is 1. The van der Waals surface area contributed by atoms with Crippen LogP contribution >= 0.6 is 0 Å². The van der Waals surface area contributed by atoms with Gasteiger partial charge in [0.1, 0.15) is 17.4 Å². The van der Waals surface area contributed by atoms with Gasteiger partial charge in [-0.15, -0.1) is 0 Å². The Balaban J connectivity index is 1.57. The van der Waals surface area contributed by atoms with Crippen molar-refractivity contribution in [2.75, 3.05) is 26.2 Å². The number of rotatable bonds is 6. The highest BCUT2D eigenvalue weighted by molar-refractivity contribution is 5.70. The van der Waals surface area contributed by atoms with Crippen molar-refractivity contribution < 1.29 is 4.74 Å². The summed E-state index contributed by atoms with van der Waals surface area (Å²) < 4.78 is 5.86. The minimum Gasteiger partial charge on any atom is -0.494 e. The van der Waals surface area contributed by atoms with Crippen LogP contribution in [0.3, 0.4) is 0 Å². The molecule has 1 N–H and O–H groups in total. The lowest BCUT2D eigenvalue weighted by atomic mass is 10.0. The first-order valence-electron chi connectivity index (χ1n) is 9.66. The third-order valence-electron chi connectivity index (χ3n) is 5.07. The van der Waals surface area contributed by atoms with E-state index < -0.39 is 0 Å². The number of aromatic amines is 1. The van der Waals surface area contributed by atoms with E-state index in [1.807, 2.05) is 43.3 Å². The number of H-pyrrole nitrogens is 1. The van der Waals surface area contributed by atoms with E-state index in [0.717, 1.165) is 35.9 Å². The normalized spacial score (nSPS) is 17.4. The molecule has 27 heavy (non-hydrogen) atoms. The van der Waals surface area contributed by atoms with Gasteiger partial charge < -0.3 is 14.6 Å². The Morgan fingerprint density at radius 3 is 2.81 bits per heavy atom. The molecule has 1 aromatic heterocycles. The van der Waals surface area contributed by atoms with Crippen LogP contribution in [0.5, 0.6) is 5.75 Å².